The number of nitrogens with one attached hydrogen (secondary N) is 1. The van der Waals surface area contributed by atoms with Gasteiger partial charge in [0, 0.05) is 26.7 Å². The maximum Gasteiger partial charge on any atom is 0.245 e. The van der Waals surface area contributed by atoms with Crippen molar-refractivity contribution in [3.63, 3.8) is 0 Å². The Morgan fingerprint density at radius 2 is 2.08 bits per heavy atom. The van der Waals surface area contributed by atoms with Crippen molar-refractivity contribution in [1.82, 2.24) is 10.2 Å². The Labute approximate surface area is 142 Å². The third-order valence-corrected chi connectivity index (χ3v) is 4.17. The van der Waals surface area contributed by atoms with Crippen LogP contribution in [0.25, 0.3) is 0 Å². The van der Waals surface area contributed by atoms with Gasteiger partial charge in [-0.1, -0.05) is 12.1 Å². The lowest BCUT2D eigenvalue weighted by molar-refractivity contribution is -0.133. The minimum atomic E-state index is -0.467. The summed E-state index contributed by atoms with van der Waals surface area (Å²) >= 11 is 0. The van der Waals surface area contributed by atoms with Crippen molar-refractivity contribution >= 4 is 11.8 Å². The topological polar surface area (TPSA) is 93.9 Å². The molecule has 2 amide bonds. The Kier molecular flexibility index (Phi) is 6.57. The summed E-state index contributed by atoms with van der Waals surface area (Å²) in [4.78, 5) is 26.2. The van der Waals surface area contributed by atoms with Crippen LogP contribution in [0, 0.1) is 0 Å². The molecule has 7 heteroatoms. The molecule has 1 heterocycles. The number of rotatable bonds is 8. The Morgan fingerprint density at radius 1 is 1.38 bits per heavy atom. The van der Waals surface area contributed by atoms with Gasteiger partial charge in [-0.05, 0) is 24.1 Å². The standard InChI is InChI=1S/C17H25N3O4/c1-23-13-5-3-12(4-6-13)11-20-8-7-15(17(20)22)19-16(21)9-14(10-18)24-2/h3-6,14-15H,7-11,18H2,1-2H3,(H,19,21). The lowest BCUT2D eigenvalue weighted by Crippen LogP contribution is -2.43. The molecule has 2 atom stereocenters. The predicted octanol–water partition coefficient (Wildman–Crippen LogP) is 0.276. The molecule has 2 unspecified atom stereocenters. The van der Waals surface area contributed by atoms with Gasteiger partial charge in [-0.3, -0.25) is 9.59 Å². The zero-order valence-electron chi connectivity index (χ0n) is 14.2. The average Bonchev–Trinajstić information content (AvgIpc) is 2.93. The number of nitrogens with zero attached hydrogens (tertiary/aromatic N) is 1. The number of ether oxygens (including phenoxy) is 2. The molecule has 0 aliphatic carbocycles. The fourth-order valence-electron chi connectivity index (χ4n) is 2.70. The molecule has 0 saturated carbocycles. The van der Waals surface area contributed by atoms with E-state index in [9.17, 15) is 9.59 Å². The Balaban J connectivity index is 1.86. The predicted molar refractivity (Wildman–Crippen MR) is 89.4 cm³/mol. The molecule has 24 heavy (non-hydrogen) atoms. The highest BCUT2D eigenvalue weighted by molar-refractivity contribution is 5.89. The molecule has 3 N–H and O–H groups in total. The van der Waals surface area contributed by atoms with E-state index in [1.165, 1.54) is 7.11 Å². The quantitative estimate of drug-likeness (QED) is 0.711. The smallest absolute Gasteiger partial charge is 0.245 e. The number of carbonyl (C=O) groups is 2. The minimum absolute atomic E-state index is 0.0547. The van der Waals surface area contributed by atoms with Gasteiger partial charge in [-0.25, -0.2) is 0 Å². The number of nitrogens with two attached hydrogens (primary N) is 1. The van der Waals surface area contributed by atoms with Gasteiger partial charge in [0.15, 0.2) is 0 Å². The average molecular weight is 335 g/mol. The van der Waals surface area contributed by atoms with E-state index in [0.29, 0.717) is 19.5 Å². The molecule has 0 aromatic heterocycles. The maximum absolute atomic E-state index is 12.4. The molecule has 132 valence electrons. The second-order valence-corrected chi connectivity index (χ2v) is 5.81. The van der Waals surface area contributed by atoms with Crippen LogP contribution in [0.2, 0.25) is 0 Å². The second kappa shape index (κ2) is 8.65. The van der Waals surface area contributed by atoms with Crippen molar-refractivity contribution in [1.29, 1.82) is 0 Å². The van der Waals surface area contributed by atoms with E-state index in [1.54, 1.807) is 12.0 Å². The van der Waals surface area contributed by atoms with E-state index in [1.807, 2.05) is 24.3 Å². The molecule has 1 aromatic rings. The zero-order valence-corrected chi connectivity index (χ0v) is 14.2. The molecule has 1 aliphatic rings. The fourth-order valence-corrected chi connectivity index (χ4v) is 2.70. The van der Waals surface area contributed by atoms with Gasteiger partial charge >= 0.3 is 0 Å². The van der Waals surface area contributed by atoms with Gasteiger partial charge in [-0.15, -0.1) is 0 Å². The SMILES string of the molecule is COc1ccc(CN2CCC(NC(=O)CC(CN)OC)C2=O)cc1. The molecule has 2 rings (SSSR count). The summed E-state index contributed by atoms with van der Waals surface area (Å²) in [6.45, 7) is 1.42. The van der Waals surface area contributed by atoms with E-state index in [-0.39, 0.29) is 30.9 Å². The molecule has 1 saturated heterocycles. The molecular formula is C17H25N3O4. The number of likely N-dealkylation sites (tertiary alicyclic amines) is 1. The van der Waals surface area contributed by atoms with Crippen LogP contribution in [0.1, 0.15) is 18.4 Å². The first kappa shape index (κ1) is 18.2. The number of benzene rings is 1. The third-order valence-electron chi connectivity index (χ3n) is 4.17. The summed E-state index contributed by atoms with van der Waals surface area (Å²) in [5.74, 6) is 0.516. The second-order valence-electron chi connectivity index (χ2n) is 5.81. The molecule has 0 bridgehead atoms. The van der Waals surface area contributed by atoms with Gasteiger partial charge in [0.1, 0.15) is 11.8 Å². The van der Waals surface area contributed by atoms with Crippen molar-refractivity contribution < 1.29 is 19.1 Å². The number of methoxy groups -OCH3 is 2. The lowest BCUT2D eigenvalue weighted by atomic mass is 10.2. The van der Waals surface area contributed by atoms with Gasteiger partial charge in [-0.2, -0.15) is 0 Å². The Bertz CT molecular complexity index is 557. The zero-order chi connectivity index (χ0) is 17.5. The van der Waals surface area contributed by atoms with Crippen LogP contribution >= 0.6 is 0 Å². The number of carbonyl (C=O) groups excluding carboxylic acids is 2. The monoisotopic (exact) mass is 335 g/mol. The number of amides is 2. The summed E-state index contributed by atoms with van der Waals surface area (Å²) < 4.78 is 10.2. The van der Waals surface area contributed by atoms with Crippen LogP contribution in [0.15, 0.2) is 24.3 Å². The van der Waals surface area contributed by atoms with E-state index >= 15 is 0 Å². The van der Waals surface area contributed by atoms with Gasteiger partial charge in [0.25, 0.3) is 0 Å². The van der Waals surface area contributed by atoms with E-state index in [2.05, 4.69) is 5.32 Å². The van der Waals surface area contributed by atoms with Crippen molar-refractivity contribution in [2.45, 2.75) is 31.5 Å². The molecule has 0 radical (unpaired) electrons. The minimum Gasteiger partial charge on any atom is -0.497 e. The summed E-state index contributed by atoms with van der Waals surface area (Å²) in [5, 5.41) is 2.78. The Morgan fingerprint density at radius 3 is 2.67 bits per heavy atom. The Hall–Kier alpha value is -2.12. The summed E-state index contributed by atoms with van der Waals surface area (Å²) in [6, 6.07) is 7.14. The summed E-state index contributed by atoms with van der Waals surface area (Å²) in [7, 11) is 3.13. The van der Waals surface area contributed by atoms with E-state index in [4.69, 9.17) is 15.2 Å². The number of hydrogen-bond acceptors (Lipinski definition) is 5. The van der Waals surface area contributed by atoms with Crippen LogP contribution in [-0.4, -0.2) is 56.2 Å². The highest BCUT2D eigenvalue weighted by Crippen LogP contribution is 2.17. The summed E-state index contributed by atoms with van der Waals surface area (Å²) in [6.07, 6.45) is 0.452. The summed E-state index contributed by atoms with van der Waals surface area (Å²) in [5.41, 5.74) is 6.53. The van der Waals surface area contributed by atoms with Crippen molar-refractivity contribution in [2.75, 3.05) is 27.3 Å². The molecular weight excluding hydrogens is 310 g/mol. The van der Waals surface area contributed by atoms with E-state index < -0.39 is 6.04 Å². The van der Waals surface area contributed by atoms with Crippen LogP contribution in [0.5, 0.6) is 5.75 Å². The first-order chi connectivity index (χ1) is 11.6. The molecule has 1 fully saturated rings. The van der Waals surface area contributed by atoms with Gasteiger partial charge < -0.3 is 25.4 Å². The van der Waals surface area contributed by atoms with Crippen molar-refractivity contribution in [3.05, 3.63) is 29.8 Å². The third kappa shape index (κ3) is 4.69. The lowest BCUT2D eigenvalue weighted by Gasteiger charge is -2.18. The first-order valence-corrected chi connectivity index (χ1v) is 8.01. The first-order valence-electron chi connectivity index (χ1n) is 8.01. The van der Waals surface area contributed by atoms with Crippen LogP contribution in [0.3, 0.4) is 0 Å². The highest BCUT2D eigenvalue weighted by atomic mass is 16.5. The van der Waals surface area contributed by atoms with Crippen LogP contribution in [-0.2, 0) is 20.9 Å². The van der Waals surface area contributed by atoms with Crippen LogP contribution < -0.4 is 15.8 Å². The molecule has 0 spiro atoms. The van der Waals surface area contributed by atoms with Crippen molar-refractivity contribution in [3.8, 4) is 5.75 Å². The van der Waals surface area contributed by atoms with E-state index in [0.717, 1.165) is 11.3 Å². The van der Waals surface area contributed by atoms with Crippen molar-refractivity contribution in [2.24, 2.45) is 5.73 Å². The van der Waals surface area contributed by atoms with Gasteiger partial charge in [0.2, 0.25) is 11.8 Å². The normalized spacial score (nSPS) is 18.5. The fraction of sp³-hybridized carbons (Fsp3) is 0.529. The highest BCUT2D eigenvalue weighted by Gasteiger charge is 2.32. The van der Waals surface area contributed by atoms with Gasteiger partial charge in [0.05, 0.1) is 19.6 Å². The molecule has 1 aliphatic heterocycles. The largest absolute Gasteiger partial charge is 0.497 e. The maximum atomic E-state index is 12.4. The molecule has 7 nitrogen and oxygen atoms in total. The number of hydrogen-bond donors (Lipinski definition) is 2. The van der Waals surface area contributed by atoms with Crippen LogP contribution in [0.4, 0.5) is 0 Å². The molecule has 1 aromatic carbocycles.